The predicted molar refractivity (Wildman–Crippen MR) is 99.9 cm³/mol. The number of carbonyl (C=O) groups excluding carboxylic acids is 3. The molecule has 2 atom stereocenters. The number of amides is 3. The normalized spacial score (nSPS) is 21.7. The fraction of sp³-hybridized carbons (Fsp3) is 0.300. The van der Waals surface area contributed by atoms with E-state index in [1.54, 1.807) is 31.3 Å². The molecule has 1 fully saturated rings. The van der Waals surface area contributed by atoms with Gasteiger partial charge in [-0.3, -0.25) is 24.7 Å². The molecule has 6 nitrogen and oxygen atoms in total. The molecule has 0 unspecified atom stereocenters. The number of pyridine rings is 1. The third-order valence-corrected chi connectivity index (χ3v) is 5.59. The van der Waals surface area contributed by atoms with Crippen LogP contribution < -0.4 is 5.32 Å². The number of hydrogen-bond donors (Lipinski definition) is 1. The molecule has 4 rings (SSSR count). The lowest BCUT2D eigenvalue weighted by Gasteiger charge is -2.32. The first kappa shape index (κ1) is 18.6. The van der Waals surface area contributed by atoms with Crippen LogP contribution in [-0.4, -0.2) is 33.6 Å². The Hall–Kier alpha value is -2.80. The van der Waals surface area contributed by atoms with Crippen molar-refractivity contribution in [1.82, 2.24) is 15.2 Å². The van der Waals surface area contributed by atoms with E-state index in [1.165, 1.54) is 11.0 Å². The van der Waals surface area contributed by atoms with Crippen LogP contribution in [0.4, 0.5) is 4.39 Å². The molecule has 1 aromatic heterocycles. The van der Waals surface area contributed by atoms with Crippen LogP contribution in [0.3, 0.4) is 0 Å². The third kappa shape index (κ3) is 2.86. The first-order valence-electron chi connectivity index (χ1n) is 8.92. The fourth-order valence-corrected chi connectivity index (χ4v) is 4.07. The Morgan fingerprint density at radius 2 is 2.00 bits per heavy atom. The summed E-state index contributed by atoms with van der Waals surface area (Å²) in [6.07, 6.45) is 1.93. The number of benzene rings is 1. The smallest absolute Gasteiger partial charge is 0.255 e. The number of fused-ring (bicyclic) bond motifs is 1. The molecule has 1 N–H and O–H groups in total. The molecule has 0 aliphatic carbocycles. The van der Waals surface area contributed by atoms with E-state index in [0.29, 0.717) is 5.69 Å². The highest BCUT2D eigenvalue weighted by molar-refractivity contribution is 6.17. The zero-order chi connectivity index (χ0) is 20.0. The van der Waals surface area contributed by atoms with Crippen LogP contribution in [0.5, 0.6) is 0 Å². The van der Waals surface area contributed by atoms with E-state index < -0.39 is 29.7 Å². The Morgan fingerprint density at radius 3 is 2.71 bits per heavy atom. The molecule has 28 heavy (non-hydrogen) atoms. The van der Waals surface area contributed by atoms with Crippen LogP contribution in [-0.2, 0) is 15.5 Å². The molecule has 144 valence electrons. The summed E-state index contributed by atoms with van der Waals surface area (Å²) in [5.74, 6) is -1.56. The molecule has 0 bridgehead atoms. The largest absolute Gasteiger partial charge is 0.320 e. The summed E-state index contributed by atoms with van der Waals surface area (Å²) in [5, 5.41) is 2.25. The molecule has 0 saturated carbocycles. The first-order chi connectivity index (χ1) is 13.4. The van der Waals surface area contributed by atoms with E-state index in [9.17, 15) is 14.4 Å². The summed E-state index contributed by atoms with van der Waals surface area (Å²) >= 11 is 5.86. The van der Waals surface area contributed by atoms with Crippen molar-refractivity contribution in [3.63, 3.8) is 0 Å². The van der Waals surface area contributed by atoms with Crippen LogP contribution in [0, 0.1) is 5.82 Å². The van der Waals surface area contributed by atoms with Gasteiger partial charge in [0.2, 0.25) is 11.8 Å². The molecule has 3 heterocycles. The number of nitrogens with zero attached hydrogens (tertiary/aromatic N) is 2. The van der Waals surface area contributed by atoms with Crippen molar-refractivity contribution in [2.24, 2.45) is 0 Å². The number of rotatable bonds is 3. The summed E-state index contributed by atoms with van der Waals surface area (Å²) in [6.45, 7) is 1.68. The van der Waals surface area contributed by atoms with Crippen molar-refractivity contribution in [2.45, 2.75) is 37.7 Å². The second-order valence-electron chi connectivity index (χ2n) is 6.93. The lowest BCUT2D eigenvalue weighted by molar-refractivity contribution is -0.137. The fourth-order valence-electron chi connectivity index (χ4n) is 3.90. The molecule has 3 amide bonds. The predicted octanol–water partition coefficient (Wildman–Crippen LogP) is 2.95. The molecule has 8 heteroatoms. The zero-order valence-corrected chi connectivity index (χ0v) is 15.8. The molecule has 2 aliphatic rings. The van der Waals surface area contributed by atoms with Crippen LogP contribution in [0.25, 0.3) is 11.3 Å². The maximum atomic E-state index is 15.4. The van der Waals surface area contributed by atoms with Crippen molar-refractivity contribution in [3.8, 4) is 11.3 Å². The first-order valence-corrected chi connectivity index (χ1v) is 9.46. The maximum absolute atomic E-state index is 15.4. The van der Waals surface area contributed by atoms with E-state index in [-0.39, 0.29) is 41.3 Å². The molecule has 0 radical (unpaired) electrons. The van der Waals surface area contributed by atoms with Gasteiger partial charge < -0.3 is 4.90 Å². The standard InChI is InChI=1S/C20H17ClFN3O3/c1-10-17-13(20(28)25(10)15-4-5-16(26)24-19(15)27)3-2-12(18(17)22)14-8-11(9-21)6-7-23-14/h2-3,6-8,10,15H,4-5,9H2,1H3,(H,24,26,27)/t10-,15-/m1/s1. The van der Waals surface area contributed by atoms with Crippen LogP contribution >= 0.6 is 11.6 Å². The van der Waals surface area contributed by atoms with Crippen molar-refractivity contribution in [2.75, 3.05) is 0 Å². The Bertz CT molecular complexity index is 1010. The number of imide groups is 1. The highest BCUT2D eigenvalue weighted by Gasteiger charge is 2.44. The molecular formula is C20H17ClFN3O3. The van der Waals surface area contributed by atoms with Crippen molar-refractivity contribution in [3.05, 3.63) is 53.0 Å². The van der Waals surface area contributed by atoms with Crippen molar-refractivity contribution >= 4 is 29.3 Å². The zero-order valence-electron chi connectivity index (χ0n) is 15.0. The quantitative estimate of drug-likeness (QED) is 0.633. The van der Waals surface area contributed by atoms with E-state index in [4.69, 9.17) is 11.6 Å². The lowest BCUT2D eigenvalue weighted by Crippen LogP contribution is -2.53. The molecule has 1 aromatic carbocycles. The van der Waals surface area contributed by atoms with Gasteiger partial charge >= 0.3 is 0 Å². The summed E-state index contributed by atoms with van der Waals surface area (Å²) in [7, 11) is 0. The summed E-state index contributed by atoms with van der Waals surface area (Å²) in [6, 6.07) is 5.10. The van der Waals surface area contributed by atoms with Crippen LogP contribution in [0.15, 0.2) is 30.5 Å². The highest BCUT2D eigenvalue weighted by atomic mass is 35.5. The van der Waals surface area contributed by atoms with Crippen LogP contribution in [0.1, 0.15) is 47.3 Å². The van der Waals surface area contributed by atoms with Crippen molar-refractivity contribution in [1.29, 1.82) is 0 Å². The number of aromatic nitrogens is 1. The van der Waals surface area contributed by atoms with Gasteiger partial charge in [0.1, 0.15) is 11.9 Å². The number of carbonyl (C=O) groups is 3. The van der Waals surface area contributed by atoms with Gasteiger partial charge in [-0.15, -0.1) is 11.6 Å². The molecule has 0 spiro atoms. The van der Waals surface area contributed by atoms with Gasteiger partial charge in [0.05, 0.1) is 11.7 Å². The molecular weight excluding hydrogens is 385 g/mol. The topological polar surface area (TPSA) is 79.4 Å². The summed E-state index contributed by atoms with van der Waals surface area (Å²) < 4.78 is 15.4. The molecule has 2 aromatic rings. The van der Waals surface area contributed by atoms with Gasteiger partial charge in [-0.25, -0.2) is 4.39 Å². The molecule has 2 aliphatic heterocycles. The average molecular weight is 402 g/mol. The molecule has 1 saturated heterocycles. The second kappa shape index (κ2) is 6.98. The average Bonchev–Trinajstić information content (AvgIpc) is 2.93. The minimum absolute atomic E-state index is 0.145. The van der Waals surface area contributed by atoms with E-state index in [1.807, 2.05) is 0 Å². The monoisotopic (exact) mass is 401 g/mol. The van der Waals surface area contributed by atoms with Crippen LogP contribution in [0.2, 0.25) is 0 Å². The van der Waals surface area contributed by atoms with Gasteiger partial charge in [-0.05, 0) is 43.2 Å². The Labute approximate surface area is 165 Å². The number of alkyl halides is 1. The number of nitrogens with one attached hydrogen (secondary N) is 1. The summed E-state index contributed by atoms with van der Waals surface area (Å²) in [4.78, 5) is 42.1. The Morgan fingerprint density at radius 1 is 1.25 bits per heavy atom. The van der Waals surface area contributed by atoms with E-state index in [0.717, 1.165) is 5.56 Å². The summed E-state index contributed by atoms with van der Waals surface area (Å²) in [5.41, 5.74) is 1.98. The number of hydrogen-bond acceptors (Lipinski definition) is 4. The van der Waals surface area contributed by atoms with Gasteiger partial charge in [0.25, 0.3) is 5.91 Å². The van der Waals surface area contributed by atoms with E-state index >= 15 is 4.39 Å². The number of piperidine rings is 1. The second-order valence-corrected chi connectivity index (χ2v) is 7.19. The third-order valence-electron chi connectivity index (χ3n) is 5.28. The lowest BCUT2D eigenvalue weighted by atomic mass is 9.98. The number of halogens is 2. The minimum Gasteiger partial charge on any atom is -0.320 e. The van der Waals surface area contributed by atoms with Gasteiger partial charge in [-0.1, -0.05) is 0 Å². The van der Waals surface area contributed by atoms with E-state index in [2.05, 4.69) is 10.3 Å². The Kier molecular flexibility index (Phi) is 4.63. The van der Waals surface area contributed by atoms with Gasteiger partial charge in [0, 0.05) is 35.2 Å². The maximum Gasteiger partial charge on any atom is 0.255 e. The Balaban J connectivity index is 1.74. The van der Waals surface area contributed by atoms with Crippen molar-refractivity contribution < 1.29 is 18.8 Å². The minimum atomic E-state index is -0.798. The van der Waals surface area contributed by atoms with Gasteiger partial charge in [-0.2, -0.15) is 0 Å². The SMILES string of the molecule is C[C@@H]1c2c(ccc(-c3cc(CCl)ccn3)c2F)C(=O)N1[C@@H]1CCC(=O)NC1=O. The highest BCUT2D eigenvalue weighted by Crippen LogP contribution is 2.40. The van der Waals surface area contributed by atoms with Gasteiger partial charge in [0.15, 0.2) is 0 Å².